The Morgan fingerprint density at radius 3 is 2.75 bits per heavy atom. The monoisotopic (exact) mass is 379 g/mol. The molecule has 2 fully saturated rings. The number of benzene rings is 1. The van der Waals surface area contributed by atoms with Crippen LogP contribution >= 0.6 is 0 Å². The van der Waals surface area contributed by atoms with Gasteiger partial charge in [-0.25, -0.2) is 9.97 Å². The minimum Gasteiger partial charge on any atom is -0.339 e. The van der Waals surface area contributed by atoms with Crippen molar-refractivity contribution in [3.05, 3.63) is 59.7 Å². The second-order valence-corrected chi connectivity index (χ2v) is 7.83. The Morgan fingerprint density at radius 1 is 1.21 bits per heavy atom. The van der Waals surface area contributed by atoms with E-state index in [1.54, 1.807) is 6.20 Å². The topological polar surface area (TPSA) is 70.2 Å². The Labute approximate surface area is 166 Å². The maximum atomic E-state index is 13.0. The van der Waals surface area contributed by atoms with Gasteiger partial charge in [-0.15, -0.1) is 0 Å². The summed E-state index contributed by atoms with van der Waals surface area (Å²) in [5, 5.41) is 0. The lowest BCUT2D eigenvalue weighted by Crippen LogP contribution is -2.46. The predicted molar refractivity (Wildman–Crippen MR) is 109 cm³/mol. The van der Waals surface area contributed by atoms with E-state index >= 15 is 0 Å². The molecule has 1 aromatic carbocycles. The molecule has 28 heavy (non-hydrogen) atoms. The zero-order chi connectivity index (χ0) is 19.3. The van der Waals surface area contributed by atoms with Crippen molar-refractivity contribution in [1.82, 2.24) is 25.7 Å². The summed E-state index contributed by atoms with van der Waals surface area (Å²) in [7, 11) is 0. The van der Waals surface area contributed by atoms with E-state index in [9.17, 15) is 4.79 Å². The van der Waals surface area contributed by atoms with Crippen LogP contribution in [0.5, 0.6) is 0 Å². The summed E-state index contributed by atoms with van der Waals surface area (Å²) in [6.45, 7) is 4.65. The smallest absolute Gasteiger partial charge is 0.257 e. The minimum atomic E-state index is 0.0830. The van der Waals surface area contributed by atoms with Crippen LogP contribution in [0, 0.1) is 5.92 Å². The number of carbonyl (C=O) groups is 1. The molecule has 2 N–H and O–H groups in total. The molecule has 3 heterocycles. The van der Waals surface area contributed by atoms with Gasteiger partial charge in [-0.1, -0.05) is 43.7 Å². The number of likely N-dealkylation sites (tertiary alicyclic amines) is 1. The molecule has 0 saturated carbocycles. The Hall–Kier alpha value is -2.31. The molecule has 0 spiro atoms. The van der Waals surface area contributed by atoms with Crippen molar-refractivity contribution in [3.8, 4) is 0 Å². The summed E-state index contributed by atoms with van der Waals surface area (Å²) >= 11 is 0. The Morgan fingerprint density at radius 2 is 2.00 bits per heavy atom. The zero-order valence-corrected chi connectivity index (χ0v) is 16.5. The van der Waals surface area contributed by atoms with Crippen molar-refractivity contribution in [2.45, 2.75) is 44.6 Å². The first-order valence-electron chi connectivity index (χ1n) is 10.4. The van der Waals surface area contributed by atoms with Crippen molar-refractivity contribution in [2.75, 3.05) is 19.6 Å². The lowest BCUT2D eigenvalue weighted by molar-refractivity contribution is 0.0668. The van der Waals surface area contributed by atoms with E-state index in [1.807, 2.05) is 4.90 Å². The lowest BCUT2D eigenvalue weighted by Gasteiger charge is -2.36. The molecule has 2 aliphatic heterocycles. The largest absolute Gasteiger partial charge is 0.339 e. The van der Waals surface area contributed by atoms with Crippen LogP contribution in [0.3, 0.4) is 0 Å². The predicted octanol–water partition coefficient (Wildman–Crippen LogP) is 2.54. The molecular formula is C22H29N5O. The number of nitrogens with zero attached hydrogens (tertiary/aromatic N) is 3. The fourth-order valence-electron chi connectivity index (χ4n) is 4.59. The maximum absolute atomic E-state index is 13.0. The van der Waals surface area contributed by atoms with Crippen molar-refractivity contribution in [3.63, 3.8) is 0 Å². The molecule has 1 amide bonds. The molecule has 6 heteroatoms. The third-order valence-electron chi connectivity index (χ3n) is 6.10. The Bertz CT molecular complexity index is 789. The molecular weight excluding hydrogens is 350 g/mol. The van der Waals surface area contributed by atoms with E-state index < -0.39 is 0 Å². The summed E-state index contributed by atoms with van der Waals surface area (Å²) < 4.78 is 0. The standard InChI is InChI=1S/C22H29N5O/c1-2-6-20-19(13-23-15-24-20)22(28)27-11-9-17(10-12-27)21-18(14-25-26-21)16-7-4-3-5-8-16/h3-5,7-8,13,15,17-18,21,25-26H,2,6,9-12,14H2,1H3. The van der Waals surface area contributed by atoms with E-state index in [0.29, 0.717) is 23.4 Å². The van der Waals surface area contributed by atoms with Crippen molar-refractivity contribution >= 4 is 5.91 Å². The number of piperidine rings is 1. The van der Waals surface area contributed by atoms with E-state index in [1.165, 1.54) is 11.9 Å². The van der Waals surface area contributed by atoms with Crippen LogP contribution in [0.15, 0.2) is 42.9 Å². The van der Waals surface area contributed by atoms with Crippen molar-refractivity contribution in [2.24, 2.45) is 5.92 Å². The molecule has 1 aromatic heterocycles. The first-order valence-corrected chi connectivity index (χ1v) is 10.4. The van der Waals surface area contributed by atoms with Gasteiger partial charge >= 0.3 is 0 Å². The lowest BCUT2D eigenvalue weighted by atomic mass is 9.80. The number of hydrogen-bond donors (Lipinski definition) is 2. The van der Waals surface area contributed by atoms with E-state index in [2.05, 4.69) is 58.1 Å². The fraction of sp³-hybridized carbons (Fsp3) is 0.500. The Balaban J connectivity index is 1.40. The van der Waals surface area contributed by atoms with Crippen LogP contribution in [0.4, 0.5) is 0 Å². The highest BCUT2D eigenvalue weighted by atomic mass is 16.2. The highest BCUT2D eigenvalue weighted by molar-refractivity contribution is 5.95. The molecule has 2 unspecified atom stereocenters. The third kappa shape index (κ3) is 3.93. The van der Waals surface area contributed by atoms with Gasteiger partial charge in [-0.2, -0.15) is 0 Å². The summed E-state index contributed by atoms with van der Waals surface area (Å²) in [5.74, 6) is 1.12. The van der Waals surface area contributed by atoms with Gasteiger partial charge in [0.15, 0.2) is 0 Å². The molecule has 6 nitrogen and oxygen atoms in total. The number of amides is 1. The fourth-order valence-corrected chi connectivity index (χ4v) is 4.59. The minimum absolute atomic E-state index is 0.0830. The van der Waals surface area contributed by atoms with E-state index in [4.69, 9.17) is 0 Å². The molecule has 4 rings (SSSR count). The number of hydrogen-bond acceptors (Lipinski definition) is 5. The maximum Gasteiger partial charge on any atom is 0.257 e. The average molecular weight is 380 g/mol. The van der Waals surface area contributed by atoms with Crippen LogP contribution < -0.4 is 10.9 Å². The van der Waals surface area contributed by atoms with Gasteiger partial charge in [-0.05, 0) is 30.7 Å². The quantitative estimate of drug-likeness (QED) is 0.835. The third-order valence-corrected chi connectivity index (χ3v) is 6.10. The molecule has 2 aliphatic rings. The van der Waals surface area contributed by atoms with E-state index in [0.717, 1.165) is 51.0 Å². The molecule has 2 atom stereocenters. The van der Waals surface area contributed by atoms with Crippen molar-refractivity contribution in [1.29, 1.82) is 0 Å². The van der Waals surface area contributed by atoms with Gasteiger partial charge in [0.05, 0.1) is 11.3 Å². The number of carbonyl (C=O) groups excluding carboxylic acids is 1. The number of rotatable bonds is 5. The molecule has 2 aromatic rings. The number of nitrogens with one attached hydrogen (secondary N) is 2. The second kappa shape index (κ2) is 8.80. The zero-order valence-electron chi connectivity index (χ0n) is 16.5. The van der Waals surface area contributed by atoms with Gasteiger partial charge in [-0.3, -0.25) is 15.6 Å². The van der Waals surface area contributed by atoms with Crippen LogP contribution in [0.25, 0.3) is 0 Å². The van der Waals surface area contributed by atoms with Crippen LogP contribution in [-0.2, 0) is 6.42 Å². The van der Waals surface area contributed by atoms with Gasteiger partial charge in [0.2, 0.25) is 0 Å². The molecule has 0 radical (unpaired) electrons. The first-order chi connectivity index (χ1) is 13.8. The number of hydrazine groups is 1. The van der Waals surface area contributed by atoms with Crippen LogP contribution in [0.2, 0.25) is 0 Å². The van der Waals surface area contributed by atoms with Gasteiger partial charge in [0.1, 0.15) is 6.33 Å². The molecule has 148 valence electrons. The number of aromatic nitrogens is 2. The van der Waals surface area contributed by atoms with Crippen molar-refractivity contribution < 1.29 is 4.79 Å². The second-order valence-electron chi connectivity index (χ2n) is 7.83. The van der Waals surface area contributed by atoms with Gasteiger partial charge in [0, 0.05) is 37.8 Å². The average Bonchev–Trinajstić information content (AvgIpc) is 3.25. The number of aryl methyl sites for hydroxylation is 1. The highest BCUT2D eigenvalue weighted by Gasteiger charge is 2.37. The summed E-state index contributed by atoms with van der Waals surface area (Å²) in [4.78, 5) is 23.4. The summed E-state index contributed by atoms with van der Waals surface area (Å²) in [6, 6.07) is 11.1. The van der Waals surface area contributed by atoms with Crippen LogP contribution in [-0.4, -0.2) is 46.5 Å². The summed E-state index contributed by atoms with van der Waals surface area (Å²) in [5.41, 5.74) is 9.78. The highest BCUT2D eigenvalue weighted by Crippen LogP contribution is 2.32. The molecule has 0 bridgehead atoms. The first kappa shape index (κ1) is 19.0. The van der Waals surface area contributed by atoms with E-state index in [-0.39, 0.29) is 5.91 Å². The molecule has 2 saturated heterocycles. The van der Waals surface area contributed by atoms with Gasteiger partial charge < -0.3 is 4.90 Å². The Kier molecular flexibility index (Phi) is 5.98. The summed E-state index contributed by atoms with van der Waals surface area (Å²) in [6.07, 6.45) is 7.05. The van der Waals surface area contributed by atoms with Gasteiger partial charge in [0.25, 0.3) is 5.91 Å². The van der Waals surface area contributed by atoms with Crippen LogP contribution in [0.1, 0.15) is 53.7 Å². The SMILES string of the molecule is CCCc1ncncc1C(=O)N1CCC(C2NNCC2c2ccccc2)CC1. The normalized spacial score (nSPS) is 23.1. The molecule has 0 aliphatic carbocycles.